The van der Waals surface area contributed by atoms with Crippen molar-refractivity contribution in [1.29, 1.82) is 0 Å². The molecule has 0 spiro atoms. The van der Waals surface area contributed by atoms with E-state index < -0.39 is 0 Å². The molecule has 0 unspecified atom stereocenters. The number of benzene rings is 2. The SMILES string of the molecule is CCCCN(CC(=O)Nc1cc(C(C)(C)C)nn1-c1ccccc1Cl)C(=O)Cc1ccc(OC)cc1. The maximum Gasteiger partial charge on any atom is 0.245 e. The van der Waals surface area contributed by atoms with Crippen molar-refractivity contribution in [3.05, 3.63) is 70.9 Å². The van der Waals surface area contributed by atoms with Crippen LogP contribution in [0.1, 0.15) is 51.8 Å². The van der Waals surface area contributed by atoms with Crippen molar-refractivity contribution >= 4 is 29.2 Å². The van der Waals surface area contributed by atoms with Gasteiger partial charge < -0.3 is 15.0 Å². The fourth-order valence-electron chi connectivity index (χ4n) is 3.67. The Bertz CT molecular complexity index is 1180. The lowest BCUT2D eigenvalue weighted by atomic mass is 9.92. The van der Waals surface area contributed by atoms with Gasteiger partial charge in [-0.2, -0.15) is 5.10 Å². The zero-order valence-electron chi connectivity index (χ0n) is 21.7. The van der Waals surface area contributed by atoms with Gasteiger partial charge in [0.05, 0.1) is 36.5 Å². The monoisotopic (exact) mass is 510 g/mol. The Morgan fingerprint density at radius 1 is 1.11 bits per heavy atom. The molecular weight excluding hydrogens is 476 g/mol. The second-order valence-electron chi connectivity index (χ2n) is 9.77. The molecule has 36 heavy (non-hydrogen) atoms. The number of carbonyl (C=O) groups excluding carboxylic acids is 2. The summed E-state index contributed by atoms with van der Waals surface area (Å²) < 4.78 is 6.84. The summed E-state index contributed by atoms with van der Waals surface area (Å²) in [6.45, 7) is 8.69. The third-order valence-corrected chi connectivity index (χ3v) is 6.13. The lowest BCUT2D eigenvalue weighted by molar-refractivity contribution is -0.134. The molecule has 1 heterocycles. The summed E-state index contributed by atoms with van der Waals surface area (Å²) >= 11 is 6.44. The van der Waals surface area contributed by atoms with Crippen LogP contribution >= 0.6 is 11.6 Å². The molecule has 0 saturated carbocycles. The largest absolute Gasteiger partial charge is 0.497 e. The Morgan fingerprint density at radius 3 is 2.42 bits per heavy atom. The summed E-state index contributed by atoms with van der Waals surface area (Å²) in [4.78, 5) is 27.9. The molecule has 1 N–H and O–H groups in total. The van der Waals surface area contributed by atoms with E-state index in [1.54, 1.807) is 22.8 Å². The number of aromatic nitrogens is 2. The highest BCUT2D eigenvalue weighted by atomic mass is 35.5. The molecule has 2 amide bonds. The molecule has 1 aromatic heterocycles. The van der Waals surface area contributed by atoms with Gasteiger partial charge in [-0.15, -0.1) is 0 Å². The van der Waals surface area contributed by atoms with Gasteiger partial charge in [0.15, 0.2) is 0 Å². The van der Waals surface area contributed by atoms with E-state index in [-0.39, 0.29) is 30.2 Å². The van der Waals surface area contributed by atoms with Crippen LogP contribution in [0.25, 0.3) is 5.69 Å². The molecule has 0 aliphatic carbocycles. The number of ether oxygens (including phenoxy) is 1. The van der Waals surface area contributed by atoms with Crippen LogP contribution in [0, 0.1) is 0 Å². The zero-order chi connectivity index (χ0) is 26.3. The van der Waals surface area contributed by atoms with Crippen molar-refractivity contribution in [2.24, 2.45) is 0 Å². The van der Waals surface area contributed by atoms with Crippen LogP contribution < -0.4 is 10.1 Å². The molecule has 0 saturated heterocycles. The molecular formula is C28H35ClN4O3. The number of hydrogen-bond donors (Lipinski definition) is 1. The third kappa shape index (κ3) is 7.10. The molecule has 3 aromatic rings. The molecule has 7 nitrogen and oxygen atoms in total. The fraction of sp³-hybridized carbons (Fsp3) is 0.393. The van der Waals surface area contributed by atoms with Crippen LogP contribution in [0.15, 0.2) is 54.6 Å². The Hall–Kier alpha value is -3.32. The summed E-state index contributed by atoms with van der Waals surface area (Å²) in [5.41, 5.74) is 2.13. The zero-order valence-corrected chi connectivity index (χ0v) is 22.4. The standard InChI is InChI=1S/C28H35ClN4O3/c1-6-7-16-32(27(35)17-20-12-14-21(36-5)15-13-20)19-26(34)30-25-18-24(28(2,3)4)31-33(25)23-11-9-8-10-22(23)29/h8-15,18H,6-7,16-17,19H2,1-5H3,(H,30,34). The Kier molecular flexibility index (Phi) is 9.15. The minimum absolute atomic E-state index is 0.0481. The molecule has 0 aliphatic rings. The number of unbranched alkanes of at least 4 members (excludes halogenated alkanes) is 1. The van der Waals surface area contributed by atoms with E-state index in [9.17, 15) is 9.59 Å². The smallest absolute Gasteiger partial charge is 0.245 e. The average molecular weight is 511 g/mol. The number of rotatable bonds is 10. The van der Waals surface area contributed by atoms with Gasteiger partial charge >= 0.3 is 0 Å². The van der Waals surface area contributed by atoms with Crippen LogP contribution in [0.3, 0.4) is 0 Å². The molecule has 0 atom stereocenters. The number of nitrogens with one attached hydrogen (secondary N) is 1. The van der Waals surface area contributed by atoms with Gasteiger partial charge in [-0.1, -0.05) is 70.0 Å². The summed E-state index contributed by atoms with van der Waals surface area (Å²) in [6.07, 6.45) is 1.95. The van der Waals surface area contributed by atoms with E-state index in [1.807, 2.05) is 48.5 Å². The molecule has 8 heteroatoms. The van der Waals surface area contributed by atoms with Crippen LogP contribution in [0.4, 0.5) is 5.82 Å². The van der Waals surface area contributed by atoms with E-state index in [0.29, 0.717) is 23.1 Å². The van der Waals surface area contributed by atoms with E-state index in [0.717, 1.165) is 29.8 Å². The van der Waals surface area contributed by atoms with Gasteiger partial charge in [0.2, 0.25) is 11.8 Å². The van der Waals surface area contributed by atoms with Crippen LogP contribution in [-0.2, 0) is 21.4 Å². The molecule has 0 bridgehead atoms. The first kappa shape index (κ1) is 27.3. The normalized spacial score (nSPS) is 11.3. The van der Waals surface area contributed by atoms with Gasteiger partial charge in [-0.25, -0.2) is 4.68 Å². The highest BCUT2D eigenvalue weighted by molar-refractivity contribution is 6.32. The van der Waals surface area contributed by atoms with Crippen molar-refractivity contribution in [3.8, 4) is 11.4 Å². The first-order valence-corrected chi connectivity index (χ1v) is 12.6. The van der Waals surface area contributed by atoms with Gasteiger partial charge in [0, 0.05) is 18.0 Å². The number of anilines is 1. The van der Waals surface area contributed by atoms with E-state index in [2.05, 4.69) is 33.0 Å². The molecule has 0 fully saturated rings. The lowest BCUT2D eigenvalue weighted by Crippen LogP contribution is -2.39. The van der Waals surface area contributed by atoms with Crippen molar-refractivity contribution in [3.63, 3.8) is 0 Å². The Morgan fingerprint density at radius 2 is 1.81 bits per heavy atom. The quantitative estimate of drug-likeness (QED) is 0.383. The van der Waals surface area contributed by atoms with Crippen molar-refractivity contribution in [1.82, 2.24) is 14.7 Å². The minimum atomic E-state index is -0.289. The predicted molar refractivity (Wildman–Crippen MR) is 144 cm³/mol. The second-order valence-corrected chi connectivity index (χ2v) is 10.2. The first-order valence-electron chi connectivity index (χ1n) is 12.2. The third-order valence-electron chi connectivity index (χ3n) is 5.81. The van der Waals surface area contributed by atoms with Gasteiger partial charge in [-0.3, -0.25) is 9.59 Å². The van der Waals surface area contributed by atoms with Crippen molar-refractivity contribution < 1.29 is 14.3 Å². The van der Waals surface area contributed by atoms with Crippen LogP contribution in [0.5, 0.6) is 5.75 Å². The highest BCUT2D eigenvalue weighted by Gasteiger charge is 2.23. The topological polar surface area (TPSA) is 76.5 Å². The summed E-state index contributed by atoms with van der Waals surface area (Å²) in [7, 11) is 1.60. The molecule has 0 radical (unpaired) electrons. The number of hydrogen-bond acceptors (Lipinski definition) is 4. The molecule has 3 rings (SSSR count). The Labute approximate surface area is 218 Å². The number of amides is 2. The number of methoxy groups -OCH3 is 1. The average Bonchev–Trinajstić information content (AvgIpc) is 3.26. The van der Waals surface area contributed by atoms with Crippen LogP contribution in [0.2, 0.25) is 5.02 Å². The molecule has 192 valence electrons. The molecule has 2 aromatic carbocycles. The van der Waals surface area contributed by atoms with Crippen molar-refractivity contribution in [2.75, 3.05) is 25.5 Å². The van der Waals surface area contributed by atoms with Gasteiger partial charge in [-0.05, 0) is 36.2 Å². The summed E-state index contributed by atoms with van der Waals surface area (Å²) in [5.74, 6) is 0.857. The van der Waals surface area contributed by atoms with Crippen molar-refractivity contribution in [2.45, 2.75) is 52.4 Å². The number of halogens is 1. The summed E-state index contributed by atoms with van der Waals surface area (Å²) in [6, 6.07) is 16.6. The minimum Gasteiger partial charge on any atom is -0.497 e. The lowest BCUT2D eigenvalue weighted by Gasteiger charge is -2.22. The van der Waals surface area contributed by atoms with E-state index in [1.165, 1.54) is 0 Å². The van der Waals surface area contributed by atoms with Gasteiger partial charge in [0.25, 0.3) is 0 Å². The number of carbonyl (C=O) groups is 2. The number of nitrogens with zero attached hydrogens (tertiary/aromatic N) is 3. The number of para-hydroxylation sites is 1. The fourth-order valence-corrected chi connectivity index (χ4v) is 3.89. The van der Waals surface area contributed by atoms with E-state index in [4.69, 9.17) is 21.4 Å². The van der Waals surface area contributed by atoms with Gasteiger partial charge in [0.1, 0.15) is 11.6 Å². The second kappa shape index (κ2) is 12.1. The highest BCUT2D eigenvalue weighted by Crippen LogP contribution is 2.29. The van der Waals surface area contributed by atoms with Crippen LogP contribution in [-0.4, -0.2) is 46.7 Å². The van der Waals surface area contributed by atoms with E-state index >= 15 is 0 Å². The Balaban J connectivity index is 1.80. The predicted octanol–water partition coefficient (Wildman–Crippen LogP) is 5.64. The maximum atomic E-state index is 13.2. The first-order chi connectivity index (χ1) is 17.1. The summed E-state index contributed by atoms with van der Waals surface area (Å²) in [5, 5.41) is 8.21. The molecule has 0 aliphatic heterocycles. The maximum absolute atomic E-state index is 13.2.